The van der Waals surface area contributed by atoms with E-state index in [4.69, 9.17) is 0 Å². The van der Waals surface area contributed by atoms with Gasteiger partial charge in [0.1, 0.15) is 0 Å². The van der Waals surface area contributed by atoms with Gasteiger partial charge in [-0.1, -0.05) is 13.8 Å². The average Bonchev–Trinajstić information content (AvgIpc) is 2.47. The van der Waals surface area contributed by atoms with Crippen LogP contribution in [-0.4, -0.2) is 41.9 Å². The van der Waals surface area contributed by atoms with Crippen molar-refractivity contribution in [3.05, 3.63) is 34.4 Å². The topological polar surface area (TPSA) is 66.7 Å². The summed E-state index contributed by atoms with van der Waals surface area (Å²) in [5.74, 6) is 0.596. The van der Waals surface area contributed by atoms with Crippen LogP contribution in [0.1, 0.15) is 20.3 Å². The lowest BCUT2D eigenvalue weighted by Gasteiger charge is -2.36. The maximum Gasteiger partial charge on any atom is 0.269 e. The molecule has 0 aliphatic carbocycles. The quantitative estimate of drug-likeness (QED) is 0.630. The first-order valence-corrected chi connectivity index (χ1v) is 7.24. The van der Waals surface area contributed by atoms with Crippen LogP contribution >= 0.6 is 0 Å². The molecule has 1 aromatic rings. The third kappa shape index (κ3) is 3.93. The van der Waals surface area contributed by atoms with Gasteiger partial charge in [0, 0.05) is 50.4 Å². The molecule has 6 nitrogen and oxygen atoms in total. The lowest BCUT2D eigenvalue weighted by atomic mass is 10.1. The van der Waals surface area contributed by atoms with Crippen LogP contribution in [0.25, 0.3) is 0 Å². The normalized spacial score (nSPS) is 15.4. The molecule has 1 aliphatic heterocycles. The zero-order chi connectivity index (χ0) is 15.4. The monoisotopic (exact) mass is 291 g/mol. The summed E-state index contributed by atoms with van der Waals surface area (Å²) in [6.07, 6.45) is 0.595. The highest BCUT2D eigenvalue weighted by Crippen LogP contribution is 2.21. The number of nitro benzene ring substituents is 1. The Morgan fingerprint density at radius 2 is 1.76 bits per heavy atom. The second-order valence-corrected chi connectivity index (χ2v) is 5.74. The Labute approximate surface area is 124 Å². The van der Waals surface area contributed by atoms with E-state index in [1.807, 2.05) is 18.7 Å². The number of hydrogen-bond acceptors (Lipinski definition) is 4. The molecule has 1 saturated heterocycles. The number of non-ortho nitro benzene ring substituents is 1. The van der Waals surface area contributed by atoms with Gasteiger partial charge in [-0.25, -0.2) is 0 Å². The van der Waals surface area contributed by atoms with Gasteiger partial charge in [-0.05, 0) is 18.1 Å². The standard InChI is InChI=1S/C15H21N3O3/c1-12(2)11-15(19)17-9-7-16(8-10-17)13-3-5-14(6-4-13)18(20)21/h3-6,12H,7-11H2,1-2H3. The Bertz CT molecular complexity index is 505. The summed E-state index contributed by atoms with van der Waals surface area (Å²) >= 11 is 0. The minimum absolute atomic E-state index is 0.101. The molecule has 0 spiro atoms. The van der Waals surface area contributed by atoms with Crippen LogP contribution in [0.5, 0.6) is 0 Å². The lowest BCUT2D eigenvalue weighted by Crippen LogP contribution is -2.49. The summed E-state index contributed by atoms with van der Waals surface area (Å²) in [7, 11) is 0. The Morgan fingerprint density at radius 3 is 2.24 bits per heavy atom. The van der Waals surface area contributed by atoms with Crippen molar-refractivity contribution in [3.8, 4) is 0 Å². The van der Waals surface area contributed by atoms with Gasteiger partial charge in [-0.2, -0.15) is 0 Å². The molecule has 0 saturated carbocycles. The van der Waals surface area contributed by atoms with E-state index >= 15 is 0 Å². The van der Waals surface area contributed by atoms with Crippen LogP contribution in [0.3, 0.4) is 0 Å². The number of nitro groups is 1. The SMILES string of the molecule is CC(C)CC(=O)N1CCN(c2ccc([N+](=O)[O-])cc2)CC1. The number of nitrogens with zero attached hydrogens (tertiary/aromatic N) is 3. The van der Waals surface area contributed by atoms with Gasteiger partial charge in [0.2, 0.25) is 5.91 Å². The molecule has 0 atom stereocenters. The average molecular weight is 291 g/mol. The van der Waals surface area contributed by atoms with Crippen LogP contribution < -0.4 is 4.90 Å². The van der Waals surface area contributed by atoms with Gasteiger partial charge in [0.25, 0.3) is 5.69 Å². The molecule has 114 valence electrons. The lowest BCUT2D eigenvalue weighted by molar-refractivity contribution is -0.384. The number of amides is 1. The van der Waals surface area contributed by atoms with Gasteiger partial charge in [-0.15, -0.1) is 0 Å². The molecule has 0 radical (unpaired) electrons. The van der Waals surface area contributed by atoms with Crippen LogP contribution in [0.4, 0.5) is 11.4 Å². The first-order chi connectivity index (χ1) is 9.97. The molecule has 1 fully saturated rings. The summed E-state index contributed by atoms with van der Waals surface area (Å²) in [5.41, 5.74) is 1.07. The van der Waals surface area contributed by atoms with Crippen molar-refractivity contribution >= 4 is 17.3 Å². The number of carbonyl (C=O) groups is 1. The molecule has 0 unspecified atom stereocenters. The van der Waals surface area contributed by atoms with Gasteiger partial charge in [0.05, 0.1) is 4.92 Å². The number of hydrogen-bond donors (Lipinski definition) is 0. The molecule has 0 aromatic heterocycles. The molecule has 21 heavy (non-hydrogen) atoms. The van der Waals surface area contributed by atoms with E-state index in [9.17, 15) is 14.9 Å². The maximum absolute atomic E-state index is 12.0. The van der Waals surface area contributed by atoms with Crippen molar-refractivity contribution in [2.75, 3.05) is 31.1 Å². The fourth-order valence-electron chi connectivity index (χ4n) is 2.48. The first-order valence-electron chi connectivity index (χ1n) is 7.24. The van der Waals surface area contributed by atoms with Gasteiger partial charge < -0.3 is 9.80 Å². The van der Waals surface area contributed by atoms with E-state index in [2.05, 4.69) is 4.90 Å². The fraction of sp³-hybridized carbons (Fsp3) is 0.533. The molecule has 2 rings (SSSR count). The van der Waals surface area contributed by atoms with Crippen molar-refractivity contribution in [1.29, 1.82) is 0 Å². The van der Waals surface area contributed by atoms with E-state index in [1.54, 1.807) is 12.1 Å². The summed E-state index contributed by atoms with van der Waals surface area (Å²) in [6, 6.07) is 6.57. The molecule has 0 N–H and O–H groups in total. The molecule has 6 heteroatoms. The van der Waals surface area contributed by atoms with Crippen molar-refractivity contribution < 1.29 is 9.72 Å². The van der Waals surface area contributed by atoms with E-state index in [0.717, 1.165) is 18.8 Å². The van der Waals surface area contributed by atoms with E-state index in [1.165, 1.54) is 12.1 Å². The molecule has 1 aliphatic rings. The fourth-order valence-corrected chi connectivity index (χ4v) is 2.48. The predicted octanol–water partition coefficient (Wildman–Crippen LogP) is 2.29. The third-order valence-electron chi connectivity index (χ3n) is 3.64. The summed E-state index contributed by atoms with van der Waals surface area (Å²) in [5, 5.41) is 10.6. The van der Waals surface area contributed by atoms with Crippen LogP contribution in [0.2, 0.25) is 0 Å². The number of benzene rings is 1. The largest absolute Gasteiger partial charge is 0.368 e. The predicted molar refractivity (Wildman–Crippen MR) is 81.3 cm³/mol. The second-order valence-electron chi connectivity index (χ2n) is 5.74. The van der Waals surface area contributed by atoms with Crippen molar-refractivity contribution in [1.82, 2.24) is 4.90 Å². The Kier molecular flexibility index (Phi) is 4.77. The Hall–Kier alpha value is -2.11. The highest BCUT2D eigenvalue weighted by Gasteiger charge is 2.21. The summed E-state index contributed by atoms with van der Waals surface area (Å²) in [4.78, 5) is 26.3. The van der Waals surface area contributed by atoms with E-state index in [0.29, 0.717) is 25.4 Å². The maximum atomic E-state index is 12.0. The number of carbonyl (C=O) groups excluding carboxylic acids is 1. The molecular weight excluding hydrogens is 270 g/mol. The molecule has 0 bridgehead atoms. The zero-order valence-corrected chi connectivity index (χ0v) is 12.5. The minimum Gasteiger partial charge on any atom is -0.368 e. The highest BCUT2D eigenvalue weighted by molar-refractivity contribution is 5.76. The second kappa shape index (κ2) is 6.56. The van der Waals surface area contributed by atoms with Crippen LogP contribution in [0.15, 0.2) is 24.3 Å². The number of rotatable bonds is 4. The van der Waals surface area contributed by atoms with Crippen molar-refractivity contribution in [2.24, 2.45) is 5.92 Å². The Balaban J connectivity index is 1.91. The summed E-state index contributed by atoms with van der Waals surface area (Å²) < 4.78 is 0. The zero-order valence-electron chi connectivity index (χ0n) is 12.5. The van der Waals surface area contributed by atoms with Gasteiger partial charge in [-0.3, -0.25) is 14.9 Å². The van der Waals surface area contributed by atoms with Crippen molar-refractivity contribution in [3.63, 3.8) is 0 Å². The molecular formula is C15H21N3O3. The molecule has 1 heterocycles. The van der Waals surface area contributed by atoms with E-state index < -0.39 is 4.92 Å². The van der Waals surface area contributed by atoms with Gasteiger partial charge in [0.15, 0.2) is 0 Å². The number of anilines is 1. The first kappa shape index (κ1) is 15.3. The minimum atomic E-state index is -0.397. The van der Waals surface area contributed by atoms with Crippen molar-refractivity contribution in [2.45, 2.75) is 20.3 Å². The number of piperazine rings is 1. The molecule has 1 amide bonds. The smallest absolute Gasteiger partial charge is 0.269 e. The van der Waals surface area contributed by atoms with Crippen LogP contribution in [0, 0.1) is 16.0 Å². The van der Waals surface area contributed by atoms with E-state index in [-0.39, 0.29) is 11.6 Å². The summed E-state index contributed by atoms with van der Waals surface area (Å²) in [6.45, 7) is 7.05. The van der Waals surface area contributed by atoms with Crippen LogP contribution in [-0.2, 0) is 4.79 Å². The Morgan fingerprint density at radius 1 is 1.19 bits per heavy atom. The highest BCUT2D eigenvalue weighted by atomic mass is 16.6. The van der Waals surface area contributed by atoms with Gasteiger partial charge >= 0.3 is 0 Å². The third-order valence-corrected chi connectivity index (χ3v) is 3.64. The molecule has 1 aromatic carbocycles.